The second-order valence-corrected chi connectivity index (χ2v) is 3.44. The second kappa shape index (κ2) is 5.90. The van der Waals surface area contributed by atoms with E-state index < -0.39 is 0 Å². The quantitative estimate of drug-likeness (QED) is 0.782. The van der Waals surface area contributed by atoms with E-state index in [9.17, 15) is 9.59 Å². The molecule has 0 saturated heterocycles. The van der Waals surface area contributed by atoms with Crippen LogP contribution in [-0.4, -0.2) is 19.0 Å². The number of carbonyl (C=O) groups excluding carboxylic acids is 2. The summed E-state index contributed by atoms with van der Waals surface area (Å²) in [5.41, 5.74) is 0.892. The molecule has 1 unspecified atom stereocenters. The van der Waals surface area contributed by atoms with Crippen LogP contribution in [0.2, 0.25) is 0 Å². The van der Waals surface area contributed by atoms with Crippen LogP contribution in [0.15, 0.2) is 30.3 Å². The van der Waals surface area contributed by atoms with Gasteiger partial charge in [0, 0.05) is 6.92 Å². The predicted molar refractivity (Wildman–Crippen MR) is 59.6 cm³/mol. The molecule has 1 aromatic rings. The van der Waals surface area contributed by atoms with Gasteiger partial charge in [0.1, 0.15) is 0 Å². The Labute approximate surface area is 94.6 Å². The monoisotopic (exact) mass is 221 g/mol. The minimum absolute atomic E-state index is 0.139. The third-order valence-corrected chi connectivity index (χ3v) is 2.18. The van der Waals surface area contributed by atoms with Gasteiger partial charge in [-0.1, -0.05) is 30.3 Å². The molecule has 16 heavy (non-hydrogen) atoms. The summed E-state index contributed by atoms with van der Waals surface area (Å²) in [5, 5.41) is 2.72. The molecule has 0 aliphatic rings. The summed E-state index contributed by atoms with van der Waals surface area (Å²) in [6.45, 7) is 1.42. The zero-order valence-corrected chi connectivity index (χ0v) is 9.40. The van der Waals surface area contributed by atoms with Crippen molar-refractivity contribution >= 4 is 11.9 Å². The molecule has 0 radical (unpaired) electrons. The Morgan fingerprint density at radius 3 is 2.44 bits per heavy atom. The van der Waals surface area contributed by atoms with Gasteiger partial charge in [0.05, 0.1) is 19.6 Å². The van der Waals surface area contributed by atoms with E-state index in [1.807, 2.05) is 30.3 Å². The Morgan fingerprint density at radius 2 is 1.94 bits per heavy atom. The lowest BCUT2D eigenvalue weighted by atomic mass is 10.0. The zero-order chi connectivity index (χ0) is 12.0. The summed E-state index contributed by atoms with van der Waals surface area (Å²) in [6, 6.07) is 9.01. The highest BCUT2D eigenvalue weighted by molar-refractivity contribution is 5.75. The average Bonchev–Trinajstić information content (AvgIpc) is 2.28. The molecule has 0 bridgehead atoms. The van der Waals surface area contributed by atoms with E-state index >= 15 is 0 Å². The number of carbonyl (C=O) groups is 2. The Bertz CT molecular complexity index is 362. The van der Waals surface area contributed by atoms with Crippen molar-refractivity contribution in [1.82, 2.24) is 5.32 Å². The van der Waals surface area contributed by atoms with E-state index in [0.717, 1.165) is 5.56 Å². The van der Waals surface area contributed by atoms with Gasteiger partial charge in [-0.3, -0.25) is 9.59 Å². The van der Waals surface area contributed by atoms with Crippen molar-refractivity contribution in [2.75, 3.05) is 7.11 Å². The molecule has 0 spiro atoms. The molecule has 0 fully saturated rings. The number of amides is 1. The van der Waals surface area contributed by atoms with Crippen LogP contribution in [0, 0.1) is 0 Å². The Morgan fingerprint density at radius 1 is 1.31 bits per heavy atom. The van der Waals surface area contributed by atoms with Crippen LogP contribution in [0.25, 0.3) is 0 Å². The summed E-state index contributed by atoms with van der Waals surface area (Å²) in [7, 11) is 1.33. The summed E-state index contributed by atoms with van der Waals surface area (Å²) in [6.07, 6.45) is 0.139. The molecular formula is C12H15NO3. The number of hydrogen-bond donors (Lipinski definition) is 1. The van der Waals surface area contributed by atoms with Gasteiger partial charge in [0.25, 0.3) is 0 Å². The molecule has 0 aromatic heterocycles. The summed E-state index contributed by atoms with van der Waals surface area (Å²) in [5.74, 6) is -0.514. The summed E-state index contributed by atoms with van der Waals surface area (Å²) in [4.78, 5) is 22.2. The fourth-order valence-electron chi connectivity index (χ4n) is 1.43. The highest BCUT2D eigenvalue weighted by atomic mass is 16.5. The van der Waals surface area contributed by atoms with Crippen molar-refractivity contribution in [2.45, 2.75) is 19.4 Å². The van der Waals surface area contributed by atoms with Crippen molar-refractivity contribution in [3.8, 4) is 0 Å². The molecule has 4 heteroatoms. The van der Waals surface area contributed by atoms with Gasteiger partial charge in [-0.2, -0.15) is 0 Å². The first-order valence-electron chi connectivity index (χ1n) is 5.02. The van der Waals surface area contributed by atoms with E-state index in [2.05, 4.69) is 10.1 Å². The molecule has 4 nitrogen and oxygen atoms in total. The van der Waals surface area contributed by atoms with Crippen LogP contribution in [-0.2, 0) is 14.3 Å². The van der Waals surface area contributed by atoms with Crippen LogP contribution in [0.1, 0.15) is 24.9 Å². The van der Waals surface area contributed by atoms with Gasteiger partial charge in [0.15, 0.2) is 0 Å². The van der Waals surface area contributed by atoms with Crippen molar-refractivity contribution < 1.29 is 14.3 Å². The molecule has 86 valence electrons. The van der Waals surface area contributed by atoms with Crippen molar-refractivity contribution in [3.63, 3.8) is 0 Å². The lowest BCUT2D eigenvalue weighted by Gasteiger charge is -2.16. The molecule has 1 rings (SSSR count). The fourth-order valence-corrected chi connectivity index (χ4v) is 1.43. The third kappa shape index (κ3) is 3.73. The van der Waals surface area contributed by atoms with Gasteiger partial charge < -0.3 is 10.1 Å². The maximum absolute atomic E-state index is 11.2. The normalized spacial score (nSPS) is 11.6. The first-order valence-corrected chi connectivity index (χ1v) is 5.02. The van der Waals surface area contributed by atoms with Crippen molar-refractivity contribution in [2.24, 2.45) is 0 Å². The maximum Gasteiger partial charge on any atom is 0.307 e. The molecule has 1 aromatic carbocycles. The van der Waals surface area contributed by atoms with E-state index in [0.29, 0.717) is 0 Å². The molecule has 0 aliphatic carbocycles. The molecule has 1 amide bonds. The summed E-state index contributed by atoms with van der Waals surface area (Å²) < 4.78 is 4.59. The lowest BCUT2D eigenvalue weighted by molar-refractivity contribution is -0.141. The largest absolute Gasteiger partial charge is 0.469 e. The molecule has 1 N–H and O–H groups in total. The van der Waals surface area contributed by atoms with E-state index in [1.165, 1.54) is 14.0 Å². The molecule has 0 heterocycles. The average molecular weight is 221 g/mol. The maximum atomic E-state index is 11.2. The van der Waals surface area contributed by atoms with Crippen LogP contribution >= 0.6 is 0 Å². The molecule has 0 aliphatic heterocycles. The van der Waals surface area contributed by atoms with E-state index in [4.69, 9.17) is 0 Å². The van der Waals surface area contributed by atoms with E-state index in [-0.39, 0.29) is 24.3 Å². The topological polar surface area (TPSA) is 55.4 Å². The van der Waals surface area contributed by atoms with Crippen LogP contribution in [0.3, 0.4) is 0 Å². The first kappa shape index (κ1) is 12.2. The number of esters is 1. The number of rotatable bonds is 4. The first-order chi connectivity index (χ1) is 7.63. The van der Waals surface area contributed by atoms with Crippen molar-refractivity contribution in [1.29, 1.82) is 0 Å². The van der Waals surface area contributed by atoms with Gasteiger partial charge in [-0.25, -0.2) is 0 Å². The number of hydrogen-bond acceptors (Lipinski definition) is 3. The number of nitrogens with one attached hydrogen (secondary N) is 1. The minimum Gasteiger partial charge on any atom is -0.469 e. The van der Waals surface area contributed by atoms with Crippen LogP contribution in [0.4, 0.5) is 0 Å². The van der Waals surface area contributed by atoms with Crippen molar-refractivity contribution in [3.05, 3.63) is 35.9 Å². The second-order valence-electron chi connectivity index (χ2n) is 3.44. The Hall–Kier alpha value is -1.84. The molecule has 0 saturated carbocycles. The number of methoxy groups -OCH3 is 1. The fraction of sp³-hybridized carbons (Fsp3) is 0.333. The summed E-state index contributed by atoms with van der Waals surface area (Å²) >= 11 is 0. The van der Waals surface area contributed by atoms with Gasteiger partial charge in [0.2, 0.25) is 5.91 Å². The van der Waals surface area contributed by atoms with Gasteiger partial charge in [-0.05, 0) is 5.56 Å². The highest BCUT2D eigenvalue weighted by Gasteiger charge is 2.16. The number of ether oxygens (including phenoxy) is 1. The predicted octanol–water partition coefficient (Wildman–Crippen LogP) is 1.43. The Balaban J connectivity index is 2.79. The highest BCUT2D eigenvalue weighted by Crippen LogP contribution is 2.16. The lowest BCUT2D eigenvalue weighted by Crippen LogP contribution is -2.28. The van der Waals surface area contributed by atoms with Gasteiger partial charge >= 0.3 is 5.97 Å². The standard InChI is InChI=1S/C12H15NO3/c1-9(14)13-11(8-12(15)16-2)10-6-4-3-5-7-10/h3-7,11H,8H2,1-2H3,(H,13,14). The Kier molecular flexibility index (Phi) is 4.51. The minimum atomic E-state index is -0.345. The molecular weight excluding hydrogens is 206 g/mol. The van der Waals surface area contributed by atoms with Crippen LogP contribution < -0.4 is 5.32 Å². The SMILES string of the molecule is COC(=O)CC(NC(C)=O)c1ccccc1. The smallest absolute Gasteiger partial charge is 0.307 e. The zero-order valence-electron chi connectivity index (χ0n) is 9.40. The van der Waals surface area contributed by atoms with E-state index in [1.54, 1.807) is 0 Å². The van der Waals surface area contributed by atoms with Crippen LogP contribution in [0.5, 0.6) is 0 Å². The molecule has 1 atom stereocenters. The number of benzene rings is 1. The third-order valence-electron chi connectivity index (χ3n) is 2.18. The van der Waals surface area contributed by atoms with Gasteiger partial charge in [-0.15, -0.1) is 0 Å².